The normalized spacial score (nSPS) is 12.6. The fourth-order valence-electron chi connectivity index (χ4n) is 1.72. The SMILES string of the molecule is CCC(O)Cc1nc(CCc2ccccc2)no1. The molecule has 0 fully saturated rings. The lowest BCUT2D eigenvalue weighted by Gasteiger charge is -2.01. The number of aromatic nitrogens is 2. The van der Waals surface area contributed by atoms with Gasteiger partial charge in [0.2, 0.25) is 5.89 Å². The number of aliphatic hydroxyl groups is 1. The van der Waals surface area contributed by atoms with E-state index in [1.165, 1.54) is 5.56 Å². The average Bonchev–Trinajstić information content (AvgIpc) is 2.85. The van der Waals surface area contributed by atoms with Crippen LogP contribution in [0.15, 0.2) is 34.9 Å². The maximum absolute atomic E-state index is 9.50. The predicted octanol–water partition coefficient (Wildman–Crippen LogP) is 2.17. The van der Waals surface area contributed by atoms with Crippen LogP contribution in [0.4, 0.5) is 0 Å². The zero-order valence-corrected chi connectivity index (χ0v) is 10.5. The number of nitrogens with zero attached hydrogens (tertiary/aromatic N) is 2. The van der Waals surface area contributed by atoms with Gasteiger partial charge in [-0.05, 0) is 18.4 Å². The van der Waals surface area contributed by atoms with E-state index in [-0.39, 0.29) is 0 Å². The molecule has 0 amide bonds. The van der Waals surface area contributed by atoms with Crippen molar-refractivity contribution in [1.29, 1.82) is 0 Å². The number of hydrogen-bond acceptors (Lipinski definition) is 4. The van der Waals surface area contributed by atoms with Crippen LogP contribution in [0, 0.1) is 0 Å². The van der Waals surface area contributed by atoms with Crippen LogP contribution in [-0.2, 0) is 19.3 Å². The highest BCUT2D eigenvalue weighted by Gasteiger charge is 2.10. The molecule has 1 N–H and O–H groups in total. The van der Waals surface area contributed by atoms with E-state index < -0.39 is 6.10 Å². The molecule has 0 aliphatic rings. The van der Waals surface area contributed by atoms with Gasteiger partial charge in [0.25, 0.3) is 0 Å². The largest absolute Gasteiger partial charge is 0.393 e. The molecular weight excluding hydrogens is 228 g/mol. The summed E-state index contributed by atoms with van der Waals surface area (Å²) in [7, 11) is 0. The van der Waals surface area contributed by atoms with Gasteiger partial charge in [-0.3, -0.25) is 0 Å². The third kappa shape index (κ3) is 3.67. The zero-order valence-electron chi connectivity index (χ0n) is 10.5. The van der Waals surface area contributed by atoms with Gasteiger partial charge in [0, 0.05) is 6.42 Å². The molecule has 18 heavy (non-hydrogen) atoms. The number of aryl methyl sites for hydroxylation is 2. The number of hydrogen-bond donors (Lipinski definition) is 1. The first-order valence-electron chi connectivity index (χ1n) is 6.31. The van der Waals surface area contributed by atoms with Crippen LogP contribution in [0.5, 0.6) is 0 Å². The van der Waals surface area contributed by atoms with E-state index in [4.69, 9.17) is 4.52 Å². The summed E-state index contributed by atoms with van der Waals surface area (Å²) >= 11 is 0. The highest BCUT2D eigenvalue weighted by molar-refractivity contribution is 5.15. The lowest BCUT2D eigenvalue weighted by molar-refractivity contribution is 0.158. The smallest absolute Gasteiger partial charge is 0.229 e. The van der Waals surface area contributed by atoms with Crippen molar-refractivity contribution in [3.05, 3.63) is 47.6 Å². The second-order valence-electron chi connectivity index (χ2n) is 4.36. The Kier molecular flexibility index (Phi) is 4.47. The summed E-state index contributed by atoms with van der Waals surface area (Å²) in [5.74, 6) is 1.23. The minimum absolute atomic E-state index is 0.396. The topological polar surface area (TPSA) is 59.2 Å². The van der Waals surface area contributed by atoms with E-state index in [1.807, 2.05) is 25.1 Å². The minimum atomic E-state index is -0.396. The Morgan fingerprint density at radius 1 is 1.22 bits per heavy atom. The third-order valence-corrected chi connectivity index (χ3v) is 2.87. The molecule has 0 aliphatic carbocycles. The van der Waals surface area contributed by atoms with Crippen LogP contribution < -0.4 is 0 Å². The molecule has 1 heterocycles. The Hall–Kier alpha value is -1.68. The van der Waals surface area contributed by atoms with Crippen LogP contribution in [0.2, 0.25) is 0 Å². The van der Waals surface area contributed by atoms with Crippen molar-refractivity contribution in [2.75, 3.05) is 0 Å². The summed E-state index contributed by atoms with van der Waals surface area (Å²) in [5.41, 5.74) is 1.26. The van der Waals surface area contributed by atoms with Gasteiger partial charge in [-0.15, -0.1) is 0 Å². The first-order valence-corrected chi connectivity index (χ1v) is 6.31. The fourth-order valence-corrected chi connectivity index (χ4v) is 1.72. The minimum Gasteiger partial charge on any atom is -0.393 e. The molecule has 0 saturated carbocycles. The molecule has 2 rings (SSSR count). The molecule has 1 aromatic heterocycles. The quantitative estimate of drug-likeness (QED) is 0.848. The van der Waals surface area contributed by atoms with Crippen molar-refractivity contribution in [2.24, 2.45) is 0 Å². The first kappa shape index (κ1) is 12.8. The maximum Gasteiger partial charge on any atom is 0.229 e. The summed E-state index contributed by atoms with van der Waals surface area (Å²) in [5, 5.41) is 13.4. The van der Waals surface area contributed by atoms with Gasteiger partial charge in [0.05, 0.1) is 12.5 Å². The Morgan fingerprint density at radius 2 is 2.00 bits per heavy atom. The van der Waals surface area contributed by atoms with Gasteiger partial charge >= 0.3 is 0 Å². The molecule has 96 valence electrons. The molecule has 1 aromatic carbocycles. The summed E-state index contributed by atoms with van der Waals surface area (Å²) in [6.45, 7) is 1.93. The maximum atomic E-state index is 9.50. The zero-order chi connectivity index (χ0) is 12.8. The average molecular weight is 246 g/mol. The molecule has 0 saturated heterocycles. The molecule has 4 nitrogen and oxygen atoms in total. The van der Waals surface area contributed by atoms with Crippen molar-refractivity contribution in [3.63, 3.8) is 0 Å². The van der Waals surface area contributed by atoms with Crippen molar-refractivity contribution in [3.8, 4) is 0 Å². The summed E-state index contributed by atoms with van der Waals surface area (Å²) in [4.78, 5) is 4.28. The molecule has 0 bridgehead atoms. The predicted molar refractivity (Wildman–Crippen MR) is 68.1 cm³/mol. The van der Waals surface area contributed by atoms with E-state index in [2.05, 4.69) is 22.3 Å². The molecule has 1 atom stereocenters. The lowest BCUT2D eigenvalue weighted by Crippen LogP contribution is -2.08. The number of benzene rings is 1. The van der Waals surface area contributed by atoms with Crippen molar-refractivity contribution < 1.29 is 9.63 Å². The molecule has 0 radical (unpaired) electrons. The van der Waals surface area contributed by atoms with Crippen molar-refractivity contribution in [2.45, 2.75) is 38.7 Å². The Balaban J connectivity index is 1.87. The Morgan fingerprint density at radius 3 is 2.72 bits per heavy atom. The van der Waals surface area contributed by atoms with Crippen molar-refractivity contribution in [1.82, 2.24) is 10.1 Å². The Labute approximate surface area is 107 Å². The van der Waals surface area contributed by atoms with Crippen LogP contribution >= 0.6 is 0 Å². The highest BCUT2D eigenvalue weighted by atomic mass is 16.5. The molecule has 0 spiro atoms. The molecule has 4 heteroatoms. The van der Waals surface area contributed by atoms with Gasteiger partial charge in [-0.1, -0.05) is 42.4 Å². The highest BCUT2D eigenvalue weighted by Crippen LogP contribution is 2.07. The molecular formula is C14H18N2O2. The number of rotatable bonds is 6. The van der Waals surface area contributed by atoms with Crippen molar-refractivity contribution >= 4 is 0 Å². The molecule has 1 unspecified atom stereocenters. The standard InChI is InChI=1S/C14H18N2O2/c1-2-12(17)10-14-15-13(16-18-14)9-8-11-6-4-3-5-7-11/h3-7,12,17H,2,8-10H2,1H3. The van der Waals surface area contributed by atoms with Gasteiger partial charge < -0.3 is 9.63 Å². The van der Waals surface area contributed by atoms with Crippen LogP contribution in [-0.4, -0.2) is 21.4 Å². The lowest BCUT2D eigenvalue weighted by atomic mass is 10.1. The fraction of sp³-hybridized carbons (Fsp3) is 0.429. The molecule has 0 aliphatic heterocycles. The summed E-state index contributed by atoms with van der Waals surface area (Å²) in [6.07, 6.45) is 2.40. The number of aliphatic hydroxyl groups excluding tert-OH is 1. The van der Waals surface area contributed by atoms with E-state index >= 15 is 0 Å². The van der Waals surface area contributed by atoms with Gasteiger partial charge in [-0.25, -0.2) is 0 Å². The Bertz CT molecular complexity index is 468. The van der Waals surface area contributed by atoms with Gasteiger partial charge in [0.1, 0.15) is 0 Å². The second-order valence-corrected chi connectivity index (χ2v) is 4.36. The summed E-state index contributed by atoms with van der Waals surface area (Å²) < 4.78 is 5.10. The van der Waals surface area contributed by atoms with E-state index in [0.717, 1.165) is 12.8 Å². The van der Waals surface area contributed by atoms with Crippen LogP contribution in [0.3, 0.4) is 0 Å². The van der Waals surface area contributed by atoms with E-state index in [9.17, 15) is 5.11 Å². The van der Waals surface area contributed by atoms with E-state index in [0.29, 0.717) is 24.6 Å². The van der Waals surface area contributed by atoms with Crippen LogP contribution in [0.25, 0.3) is 0 Å². The van der Waals surface area contributed by atoms with Gasteiger partial charge in [0.15, 0.2) is 5.82 Å². The first-order chi connectivity index (χ1) is 8.78. The second kappa shape index (κ2) is 6.31. The van der Waals surface area contributed by atoms with E-state index in [1.54, 1.807) is 0 Å². The third-order valence-electron chi connectivity index (χ3n) is 2.87. The summed E-state index contributed by atoms with van der Waals surface area (Å²) in [6, 6.07) is 10.2. The molecule has 2 aromatic rings. The van der Waals surface area contributed by atoms with Crippen LogP contribution in [0.1, 0.15) is 30.6 Å². The van der Waals surface area contributed by atoms with Gasteiger partial charge in [-0.2, -0.15) is 4.98 Å². The monoisotopic (exact) mass is 246 g/mol.